The fourth-order valence-electron chi connectivity index (χ4n) is 12.1. The van der Waals surface area contributed by atoms with Gasteiger partial charge >= 0.3 is 59.7 Å². The zero-order valence-corrected chi connectivity index (χ0v) is 57.9. The molecule has 26 nitrogen and oxygen atoms in total. The monoisotopic (exact) mass is 1480 g/mol. The fourth-order valence-corrected chi connectivity index (χ4v) is 12.1. The van der Waals surface area contributed by atoms with E-state index in [0.717, 1.165) is 6.92 Å². The molecule has 0 aliphatic carbocycles. The lowest BCUT2D eigenvalue weighted by molar-refractivity contribution is -0.388. The second-order valence-electron chi connectivity index (χ2n) is 24.7. The molecule has 0 spiro atoms. The fraction of sp³-hybridized carbons (Fsp3) is 0.229. The van der Waals surface area contributed by atoms with Crippen LogP contribution in [0.4, 0.5) is 0 Å². The molecule has 0 saturated carbocycles. The van der Waals surface area contributed by atoms with Crippen molar-refractivity contribution in [2.24, 2.45) is 0 Å². The Morgan fingerprint density at radius 2 is 0.450 bits per heavy atom. The molecule has 3 aliphatic rings. The highest BCUT2D eigenvalue weighted by Crippen LogP contribution is 2.40. The van der Waals surface area contributed by atoms with Crippen molar-refractivity contribution in [1.29, 1.82) is 0 Å². The van der Waals surface area contributed by atoms with Crippen molar-refractivity contribution in [3.63, 3.8) is 0 Å². The standard InChI is InChI=1S/C83H70O26/c1-50(84)98-70-67(106-79(92)58-43-25-9-26-44-58)64(103-76(89)55-37-19-6-20-38-55)61(48-96-73(86)52-31-13-3-14-32-52)100-82(70)109-71-68(107-80(93)59-45-27-10-28-46-59)65(104-77(90)56-39-21-7-22-40-56)62(49-97-74(87)53-33-15-4-16-34-53)101-83(71)108-69-66(105-78(91)57-41-23-8-24-42-57)63(102-75(88)54-35-17-5-18-36-54)60(99-81(69)94)47-95-72(85)51-29-11-2-12-30-51/h2-46,60-71,81-83,94H,47-49H2,1H3/t60-,61-,62-,63-,64-,65-,66+,67+,68+,69+,70+,71+,81+,82-,83-/m1/s1. The SMILES string of the molecule is CC(=O)O[C@@H]1[C@@H](O[C@@H]2[C@@H](O[C@H]3[C@@H](OC(=O)c4ccccc4)[C@H](OC(=O)c4ccccc4)[C@@H](COC(=O)c4ccccc4)O[C@@H]3O)O[C@H](COC(=O)c3ccccc3)[C@@H](OC(=O)c3ccccc3)[C@@H]2OC(=O)c2ccccc2)O[C@H](COC(=O)c2ccccc2)[C@@H](OC(=O)c2ccccc2)[C@@H]1OC(=O)c1ccccc1. The maximum Gasteiger partial charge on any atom is 0.338 e. The van der Waals surface area contributed by atoms with Crippen LogP contribution >= 0.6 is 0 Å². The van der Waals surface area contributed by atoms with Crippen molar-refractivity contribution in [2.45, 2.75) is 99.0 Å². The number of rotatable bonds is 26. The quantitative estimate of drug-likeness (QED) is 0.0389. The van der Waals surface area contributed by atoms with Gasteiger partial charge in [0.25, 0.3) is 0 Å². The molecular formula is C83H70O26. The lowest BCUT2D eigenvalue weighted by atomic mass is 9.95. The maximum absolute atomic E-state index is 15.2. The van der Waals surface area contributed by atoms with Gasteiger partial charge in [-0.1, -0.05) is 164 Å². The topological polar surface area (TPSA) is 329 Å². The van der Waals surface area contributed by atoms with Crippen molar-refractivity contribution >= 4 is 59.7 Å². The number of aliphatic hydroxyl groups is 1. The lowest BCUT2D eigenvalue weighted by Gasteiger charge is -2.50. The molecule has 3 saturated heterocycles. The normalized spacial score (nSPS) is 23.5. The molecule has 1 N–H and O–H groups in total. The van der Waals surface area contributed by atoms with Gasteiger partial charge in [0.1, 0.15) is 38.1 Å². The van der Waals surface area contributed by atoms with Crippen LogP contribution < -0.4 is 0 Å². The van der Waals surface area contributed by atoms with E-state index in [-0.39, 0.29) is 50.1 Å². The first-order valence-corrected chi connectivity index (χ1v) is 34.4. The van der Waals surface area contributed by atoms with Crippen LogP contribution in [0.5, 0.6) is 0 Å². The summed E-state index contributed by atoms with van der Waals surface area (Å²) in [5.41, 5.74) is -0.373. The second kappa shape index (κ2) is 36.6. The third-order valence-electron chi connectivity index (χ3n) is 17.4. The van der Waals surface area contributed by atoms with Crippen LogP contribution in [0.3, 0.4) is 0 Å². The van der Waals surface area contributed by atoms with Gasteiger partial charge in [-0.2, -0.15) is 0 Å². The van der Waals surface area contributed by atoms with Gasteiger partial charge in [0, 0.05) is 6.92 Å². The first-order chi connectivity index (χ1) is 53.0. The molecule has 9 aromatic rings. The summed E-state index contributed by atoms with van der Waals surface area (Å²) in [7, 11) is 0. The summed E-state index contributed by atoms with van der Waals surface area (Å²) in [4.78, 5) is 145. The van der Waals surface area contributed by atoms with Crippen LogP contribution in [-0.2, 0) is 75.8 Å². The average Bonchev–Trinajstić information content (AvgIpc) is 0.753. The molecule has 0 aromatic heterocycles. The van der Waals surface area contributed by atoms with Crippen LogP contribution in [0.15, 0.2) is 273 Å². The van der Waals surface area contributed by atoms with Crippen molar-refractivity contribution in [1.82, 2.24) is 0 Å². The Labute approximate surface area is 623 Å². The third-order valence-corrected chi connectivity index (χ3v) is 17.4. The number of aliphatic hydroxyl groups excluding tert-OH is 1. The third kappa shape index (κ3) is 19.6. The number of ether oxygens (including phenoxy) is 15. The van der Waals surface area contributed by atoms with Crippen LogP contribution in [0.2, 0.25) is 0 Å². The minimum atomic E-state index is -2.41. The summed E-state index contributed by atoms with van der Waals surface area (Å²) in [6.45, 7) is -1.67. The van der Waals surface area contributed by atoms with Crippen molar-refractivity contribution in [3.05, 3.63) is 323 Å². The van der Waals surface area contributed by atoms with Gasteiger partial charge in [-0.25, -0.2) is 43.2 Å². The van der Waals surface area contributed by atoms with E-state index in [0.29, 0.717) is 0 Å². The molecule has 0 unspecified atom stereocenters. The molecule has 3 heterocycles. The van der Waals surface area contributed by atoms with Crippen LogP contribution in [0.25, 0.3) is 0 Å². The number of esters is 10. The summed E-state index contributed by atoms with van der Waals surface area (Å²) in [5, 5.41) is 12.8. The predicted octanol–water partition coefficient (Wildman–Crippen LogP) is 9.78. The van der Waals surface area contributed by atoms with Gasteiger partial charge in [0.2, 0.25) is 0 Å². The van der Waals surface area contributed by atoms with Crippen molar-refractivity contribution in [2.75, 3.05) is 19.8 Å². The molecule has 0 amide bonds. The Balaban J connectivity index is 1.04. The average molecular weight is 1480 g/mol. The molecule has 0 radical (unpaired) electrons. The number of carbonyl (C=O) groups excluding carboxylic acids is 10. The number of benzene rings is 9. The second-order valence-corrected chi connectivity index (χ2v) is 24.7. The Morgan fingerprint density at radius 1 is 0.248 bits per heavy atom. The Hall–Kier alpha value is -12.6. The van der Waals surface area contributed by atoms with E-state index in [4.69, 9.17) is 71.1 Å². The number of hydrogen-bond acceptors (Lipinski definition) is 26. The molecule has 15 atom stereocenters. The van der Waals surface area contributed by atoms with Gasteiger partial charge < -0.3 is 76.2 Å². The molecule has 12 rings (SSSR count). The first-order valence-electron chi connectivity index (χ1n) is 34.4. The molecule has 109 heavy (non-hydrogen) atoms. The summed E-state index contributed by atoms with van der Waals surface area (Å²) in [6.07, 6.45) is -31.9. The van der Waals surface area contributed by atoms with E-state index in [2.05, 4.69) is 0 Å². The van der Waals surface area contributed by atoms with Gasteiger partial charge in [0.15, 0.2) is 73.8 Å². The van der Waals surface area contributed by atoms with Crippen LogP contribution in [0.1, 0.15) is 100 Å². The molecule has 0 bridgehead atoms. The Kier molecular flexibility index (Phi) is 25.6. The number of carbonyl (C=O) groups is 10. The molecular weight excluding hydrogens is 1410 g/mol. The molecule has 9 aromatic carbocycles. The van der Waals surface area contributed by atoms with Gasteiger partial charge in [-0.3, -0.25) is 4.79 Å². The van der Waals surface area contributed by atoms with E-state index >= 15 is 4.79 Å². The van der Waals surface area contributed by atoms with Gasteiger partial charge in [-0.15, -0.1) is 0 Å². The van der Waals surface area contributed by atoms with E-state index in [1.165, 1.54) is 182 Å². The molecule has 558 valence electrons. The largest absolute Gasteiger partial charge is 0.459 e. The van der Waals surface area contributed by atoms with E-state index in [9.17, 15) is 48.3 Å². The van der Waals surface area contributed by atoms with Gasteiger partial charge in [-0.05, 0) is 109 Å². The Bertz CT molecular complexity index is 4570. The maximum atomic E-state index is 15.2. The highest BCUT2D eigenvalue weighted by Gasteiger charge is 2.61. The first kappa shape index (κ1) is 76.1. The highest BCUT2D eigenvalue weighted by molar-refractivity contribution is 5.94. The highest BCUT2D eigenvalue weighted by atomic mass is 16.8. The molecule has 26 heteroatoms. The van der Waals surface area contributed by atoms with Crippen LogP contribution in [0, 0.1) is 0 Å². The van der Waals surface area contributed by atoms with Gasteiger partial charge in [0.05, 0.1) is 50.1 Å². The number of hydrogen-bond donors (Lipinski definition) is 1. The summed E-state index contributed by atoms with van der Waals surface area (Å²) in [5.74, 6) is -10.6. The van der Waals surface area contributed by atoms with E-state index < -0.39 is 172 Å². The van der Waals surface area contributed by atoms with Crippen molar-refractivity contribution in [3.8, 4) is 0 Å². The smallest absolute Gasteiger partial charge is 0.338 e. The van der Waals surface area contributed by atoms with Crippen molar-refractivity contribution < 1.29 is 124 Å². The molecule has 3 fully saturated rings. The molecule has 3 aliphatic heterocycles. The minimum absolute atomic E-state index is 0.0214. The van der Waals surface area contributed by atoms with Crippen LogP contribution in [-0.4, -0.2) is 177 Å². The summed E-state index contributed by atoms with van der Waals surface area (Å²) < 4.78 is 95.9. The summed E-state index contributed by atoms with van der Waals surface area (Å²) >= 11 is 0. The van der Waals surface area contributed by atoms with E-state index in [1.54, 1.807) is 91.0 Å². The summed E-state index contributed by atoms with van der Waals surface area (Å²) in [6, 6.07) is 67.6. The van der Waals surface area contributed by atoms with E-state index in [1.807, 2.05) is 0 Å². The minimum Gasteiger partial charge on any atom is -0.459 e. The zero-order valence-electron chi connectivity index (χ0n) is 57.9. The lowest BCUT2D eigenvalue weighted by Crippen LogP contribution is -2.69. The predicted molar refractivity (Wildman–Crippen MR) is 378 cm³/mol. The zero-order chi connectivity index (χ0) is 76.2. The Morgan fingerprint density at radius 3 is 0.706 bits per heavy atom.